The van der Waals surface area contributed by atoms with Gasteiger partial charge >= 0.3 is 0 Å². The molecule has 1 aliphatic rings. The molecular weight excluding hydrogens is 340 g/mol. The van der Waals surface area contributed by atoms with E-state index in [2.05, 4.69) is 10.3 Å². The van der Waals surface area contributed by atoms with Gasteiger partial charge in [-0.2, -0.15) is 5.10 Å². The Bertz CT molecular complexity index is 815. The normalized spacial score (nSPS) is 16.5. The third-order valence-electron chi connectivity index (χ3n) is 4.20. The summed E-state index contributed by atoms with van der Waals surface area (Å²) < 4.78 is 1.75. The van der Waals surface area contributed by atoms with Crippen LogP contribution < -0.4 is 0 Å². The minimum Gasteiger partial charge on any atom is -0.382 e. The molecule has 0 saturated carbocycles. The van der Waals surface area contributed by atoms with Gasteiger partial charge in [0.2, 0.25) is 6.10 Å². The molecular formula is C18H21ClN4O2. The monoisotopic (exact) mass is 360 g/mol. The molecule has 1 amide bonds. The van der Waals surface area contributed by atoms with E-state index in [9.17, 15) is 4.79 Å². The van der Waals surface area contributed by atoms with Crippen molar-refractivity contribution in [2.75, 3.05) is 7.05 Å². The second-order valence-electron chi connectivity index (χ2n) is 6.37. The molecule has 7 heteroatoms. The number of hydrogen-bond donors (Lipinski definition) is 0. The summed E-state index contributed by atoms with van der Waals surface area (Å²) in [5, 5.41) is 9.08. The number of aromatic nitrogens is 2. The number of likely N-dealkylation sites (N-methyl/N-ethyl adjacent to an activating group) is 1. The number of carbonyl (C=O) groups is 1. The summed E-state index contributed by atoms with van der Waals surface area (Å²) in [6, 6.07) is 7.62. The Labute approximate surface area is 152 Å². The highest BCUT2D eigenvalue weighted by atomic mass is 35.5. The molecule has 2 heterocycles. The van der Waals surface area contributed by atoms with Gasteiger partial charge in [-0.25, -0.2) is 0 Å². The Morgan fingerprint density at radius 3 is 2.96 bits per heavy atom. The molecule has 132 valence electrons. The van der Waals surface area contributed by atoms with Gasteiger partial charge in [0.15, 0.2) is 0 Å². The zero-order valence-corrected chi connectivity index (χ0v) is 15.3. The van der Waals surface area contributed by atoms with Gasteiger partial charge in [-0.3, -0.25) is 9.48 Å². The summed E-state index contributed by atoms with van der Waals surface area (Å²) in [6.45, 7) is 2.44. The quantitative estimate of drug-likeness (QED) is 0.823. The maximum atomic E-state index is 12.6. The van der Waals surface area contributed by atoms with Crippen LogP contribution in [0.3, 0.4) is 0 Å². The summed E-state index contributed by atoms with van der Waals surface area (Å²) in [4.78, 5) is 19.6. The maximum absolute atomic E-state index is 12.6. The molecule has 1 aromatic carbocycles. The Morgan fingerprint density at radius 2 is 2.28 bits per heavy atom. The molecule has 1 aliphatic heterocycles. The molecule has 6 nitrogen and oxygen atoms in total. The van der Waals surface area contributed by atoms with Crippen LogP contribution in [0, 0.1) is 6.92 Å². The van der Waals surface area contributed by atoms with E-state index in [1.54, 1.807) is 16.6 Å². The van der Waals surface area contributed by atoms with Crippen LogP contribution in [-0.4, -0.2) is 39.5 Å². The zero-order valence-electron chi connectivity index (χ0n) is 14.6. The van der Waals surface area contributed by atoms with Crippen molar-refractivity contribution in [3.8, 4) is 0 Å². The van der Waals surface area contributed by atoms with Gasteiger partial charge < -0.3 is 9.74 Å². The Morgan fingerprint density at radius 1 is 1.48 bits per heavy atom. The van der Waals surface area contributed by atoms with Crippen molar-refractivity contribution < 1.29 is 9.63 Å². The molecule has 2 aromatic rings. The Balaban J connectivity index is 1.56. The van der Waals surface area contributed by atoms with Crippen molar-refractivity contribution in [2.45, 2.75) is 32.4 Å². The first-order valence-corrected chi connectivity index (χ1v) is 8.50. The van der Waals surface area contributed by atoms with Gasteiger partial charge in [-0.1, -0.05) is 28.9 Å². The van der Waals surface area contributed by atoms with Gasteiger partial charge in [-0.15, -0.1) is 0 Å². The molecule has 0 radical (unpaired) electrons. The van der Waals surface area contributed by atoms with Crippen LogP contribution >= 0.6 is 11.6 Å². The van der Waals surface area contributed by atoms with Gasteiger partial charge in [0.05, 0.1) is 11.4 Å². The molecule has 0 bridgehead atoms. The van der Waals surface area contributed by atoms with Crippen LogP contribution in [0.15, 0.2) is 35.6 Å². The van der Waals surface area contributed by atoms with E-state index >= 15 is 0 Å². The van der Waals surface area contributed by atoms with Crippen molar-refractivity contribution in [3.63, 3.8) is 0 Å². The number of carbonyl (C=O) groups excluding carboxylic acids is 1. The van der Waals surface area contributed by atoms with Crippen LogP contribution in [0.5, 0.6) is 0 Å². The van der Waals surface area contributed by atoms with Crippen molar-refractivity contribution in [1.29, 1.82) is 0 Å². The average Bonchev–Trinajstić information content (AvgIpc) is 3.13. The van der Waals surface area contributed by atoms with Crippen molar-refractivity contribution in [1.82, 2.24) is 14.7 Å². The predicted molar refractivity (Wildman–Crippen MR) is 96.5 cm³/mol. The lowest BCUT2D eigenvalue weighted by atomic mass is 10.0. The van der Waals surface area contributed by atoms with Crippen molar-refractivity contribution in [3.05, 3.63) is 52.3 Å². The summed E-state index contributed by atoms with van der Waals surface area (Å²) in [5.74, 6) is -0.0758. The van der Waals surface area contributed by atoms with E-state index in [4.69, 9.17) is 16.4 Å². The maximum Gasteiger partial charge on any atom is 0.266 e. The van der Waals surface area contributed by atoms with E-state index in [0.717, 1.165) is 22.5 Å². The molecule has 0 aliphatic carbocycles. The standard InChI is InChI=1S/C18H21ClN4O2/c1-12-14(11-23(3)20-12)10-22(2)18(24)17-9-16(21-25-17)8-13-5-4-6-15(19)7-13/h4-7,11,17H,8-10H2,1-3H3. The van der Waals surface area contributed by atoms with Gasteiger partial charge in [0, 0.05) is 50.3 Å². The van der Waals surface area contributed by atoms with Crippen molar-refractivity contribution >= 4 is 23.2 Å². The third kappa shape index (κ3) is 4.20. The fraction of sp³-hybridized carbons (Fsp3) is 0.389. The van der Waals surface area contributed by atoms with Crippen LogP contribution in [0.2, 0.25) is 5.02 Å². The first kappa shape index (κ1) is 17.5. The highest BCUT2D eigenvalue weighted by molar-refractivity contribution is 6.30. The fourth-order valence-corrected chi connectivity index (χ4v) is 3.14. The van der Waals surface area contributed by atoms with Crippen molar-refractivity contribution in [2.24, 2.45) is 12.2 Å². The number of oxime groups is 1. The second-order valence-corrected chi connectivity index (χ2v) is 6.81. The second kappa shape index (κ2) is 7.27. The van der Waals surface area contributed by atoms with E-state index in [0.29, 0.717) is 24.4 Å². The number of rotatable bonds is 5. The minimum atomic E-state index is -0.559. The summed E-state index contributed by atoms with van der Waals surface area (Å²) in [5.41, 5.74) is 3.86. The lowest BCUT2D eigenvalue weighted by molar-refractivity contribution is -0.141. The zero-order chi connectivity index (χ0) is 18.0. The lowest BCUT2D eigenvalue weighted by Crippen LogP contribution is -2.36. The number of benzene rings is 1. The highest BCUT2D eigenvalue weighted by Crippen LogP contribution is 2.19. The fourth-order valence-electron chi connectivity index (χ4n) is 2.93. The molecule has 0 saturated heterocycles. The molecule has 3 rings (SSSR count). The van der Waals surface area contributed by atoms with Crippen LogP contribution in [-0.2, 0) is 29.6 Å². The molecule has 1 atom stereocenters. The molecule has 0 fully saturated rings. The number of nitrogens with zero attached hydrogens (tertiary/aromatic N) is 4. The lowest BCUT2D eigenvalue weighted by Gasteiger charge is -2.19. The van der Waals surface area contributed by atoms with Gasteiger partial charge in [-0.05, 0) is 24.6 Å². The van der Waals surface area contributed by atoms with Gasteiger partial charge in [0.1, 0.15) is 0 Å². The third-order valence-corrected chi connectivity index (χ3v) is 4.44. The first-order valence-electron chi connectivity index (χ1n) is 8.12. The molecule has 0 N–H and O–H groups in total. The average molecular weight is 361 g/mol. The Kier molecular flexibility index (Phi) is 5.08. The smallest absolute Gasteiger partial charge is 0.266 e. The van der Waals surface area contributed by atoms with Crippen LogP contribution in [0.1, 0.15) is 23.2 Å². The van der Waals surface area contributed by atoms with E-state index in [1.807, 2.05) is 44.4 Å². The van der Waals surface area contributed by atoms with E-state index in [1.165, 1.54) is 0 Å². The number of halogens is 1. The molecule has 0 spiro atoms. The van der Waals surface area contributed by atoms with E-state index < -0.39 is 6.10 Å². The SMILES string of the molecule is Cc1nn(C)cc1CN(C)C(=O)C1CC(Cc2cccc(Cl)c2)=NO1. The van der Waals surface area contributed by atoms with Gasteiger partial charge in [0.25, 0.3) is 5.91 Å². The number of aryl methyl sites for hydroxylation is 2. The van der Waals surface area contributed by atoms with E-state index in [-0.39, 0.29) is 5.91 Å². The number of amides is 1. The molecule has 1 unspecified atom stereocenters. The summed E-state index contributed by atoms with van der Waals surface area (Å²) in [6.07, 6.45) is 2.50. The minimum absolute atomic E-state index is 0.0758. The highest BCUT2D eigenvalue weighted by Gasteiger charge is 2.30. The van der Waals surface area contributed by atoms with Crippen LogP contribution in [0.4, 0.5) is 0 Å². The molecule has 1 aromatic heterocycles. The predicted octanol–water partition coefficient (Wildman–Crippen LogP) is 2.73. The van der Waals surface area contributed by atoms with Crippen LogP contribution in [0.25, 0.3) is 0 Å². The molecule has 25 heavy (non-hydrogen) atoms. The first-order chi connectivity index (χ1) is 11.9. The summed E-state index contributed by atoms with van der Waals surface area (Å²) in [7, 11) is 3.64. The topological polar surface area (TPSA) is 59.7 Å². The summed E-state index contributed by atoms with van der Waals surface area (Å²) >= 11 is 6.00. The Hall–Kier alpha value is -2.34. The number of hydrogen-bond acceptors (Lipinski definition) is 4. The largest absolute Gasteiger partial charge is 0.382 e.